The molecule has 0 radical (unpaired) electrons. The molecule has 1 amide bonds. The Morgan fingerprint density at radius 2 is 1.89 bits per heavy atom. The van der Waals surface area contributed by atoms with Gasteiger partial charge in [-0.05, 0) is 62.9 Å². The molecule has 0 atom stereocenters. The number of fused-ring (bicyclic) bond motifs is 1. The first-order valence-electron chi connectivity index (χ1n) is 10.2. The molecular formula is C20H30BrN3O3S. The van der Waals surface area contributed by atoms with Gasteiger partial charge >= 0.3 is 0 Å². The van der Waals surface area contributed by atoms with E-state index in [0.717, 1.165) is 48.8 Å². The second-order valence-corrected chi connectivity index (χ2v) is 10.3. The van der Waals surface area contributed by atoms with Gasteiger partial charge in [-0.3, -0.25) is 4.79 Å². The number of carbonyl (C=O) groups is 1. The summed E-state index contributed by atoms with van der Waals surface area (Å²) in [6, 6.07) is 3.55. The molecule has 0 unspecified atom stereocenters. The lowest BCUT2D eigenvalue weighted by Gasteiger charge is -2.23. The van der Waals surface area contributed by atoms with E-state index in [1.807, 2.05) is 6.07 Å². The Morgan fingerprint density at radius 1 is 1.21 bits per heavy atom. The first kappa shape index (κ1) is 21.7. The summed E-state index contributed by atoms with van der Waals surface area (Å²) in [5.41, 5.74) is 1.49. The van der Waals surface area contributed by atoms with E-state index in [9.17, 15) is 13.2 Å². The highest BCUT2D eigenvalue weighted by molar-refractivity contribution is 9.10. The second-order valence-electron chi connectivity index (χ2n) is 7.67. The molecule has 1 N–H and O–H groups in total. The highest BCUT2D eigenvalue weighted by Gasteiger charge is 2.39. The number of hydrogen-bond acceptors (Lipinski definition) is 4. The Kier molecular flexibility index (Phi) is 7.17. The van der Waals surface area contributed by atoms with Gasteiger partial charge in [-0.15, -0.1) is 0 Å². The van der Waals surface area contributed by atoms with Crippen LogP contribution in [0.4, 0.5) is 5.69 Å². The third-order valence-corrected chi connectivity index (χ3v) is 7.21. The highest BCUT2D eigenvalue weighted by Crippen LogP contribution is 2.41. The van der Waals surface area contributed by atoms with Gasteiger partial charge in [0.1, 0.15) is 4.90 Å². The molecule has 1 aromatic carbocycles. The molecule has 8 heteroatoms. The van der Waals surface area contributed by atoms with E-state index in [2.05, 4.69) is 39.4 Å². The molecule has 0 aromatic heterocycles. The standard InChI is InChI=1S/C20H30BrN3O3S/c1-3-9-23(10-4-2)12-8-22-28(26,27)18-14-17(21)13-16-7-11-24(19(16)18)20(25)15-5-6-15/h13-15,22H,3-12H2,1-2H3. The van der Waals surface area contributed by atoms with Crippen LogP contribution in [0.2, 0.25) is 0 Å². The molecule has 28 heavy (non-hydrogen) atoms. The van der Waals surface area contributed by atoms with Crippen molar-refractivity contribution >= 4 is 37.5 Å². The summed E-state index contributed by atoms with van der Waals surface area (Å²) < 4.78 is 29.7. The second kappa shape index (κ2) is 9.24. The molecule has 0 saturated heterocycles. The summed E-state index contributed by atoms with van der Waals surface area (Å²) in [6.07, 6.45) is 4.60. The average Bonchev–Trinajstić information content (AvgIpc) is 3.40. The predicted molar refractivity (Wildman–Crippen MR) is 115 cm³/mol. The monoisotopic (exact) mass is 471 g/mol. The van der Waals surface area contributed by atoms with Gasteiger partial charge in [0.05, 0.1) is 5.69 Å². The third kappa shape index (κ3) is 4.96. The zero-order valence-electron chi connectivity index (χ0n) is 16.7. The number of nitrogens with zero attached hydrogens (tertiary/aromatic N) is 2. The molecule has 1 aromatic rings. The number of carbonyl (C=O) groups excluding carboxylic acids is 1. The van der Waals surface area contributed by atoms with Gasteiger partial charge in [0.15, 0.2) is 0 Å². The lowest BCUT2D eigenvalue weighted by atomic mass is 10.2. The fraction of sp³-hybridized carbons (Fsp3) is 0.650. The van der Waals surface area contributed by atoms with E-state index in [1.54, 1.807) is 11.0 Å². The van der Waals surface area contributed by atoms with Gasteiger partial charge in [-0.25, -0.2) is 13.1 Å². The minimum absolute atomic E-state index is 0.0644. The van der Waals surface area contributed by atoms with Crippen LogP contribution in [0.3, 0.4) is 0 Å². The molecule has 0 spiro atoms. The highest BCUT2D eigenvalue weighted by atomic mass is 79.9. The lowest BCUT2D eigenvalue weighted by molar-refractivity contribution is -0.119. The van der Waals surface area contributed by atoms with Crippen LogP contribution in [0.5, 0.6) is 0 Å². The maximum atomic E-state index is 13.1. The average molecular weight is 472 g/mol. The molecule has 156 valence electrons. The molecule has 3 rings (SSSR count). The van der Waals surface area contributed by atoms with Crippen LogP contribution in [0.25, 0.3) is 0 Å². The smallest absolute Gasteiger partial charge is 0.242 e. The summed E-state index contributed by atoms with van der Waals surface area (Å²) in [4.78, 5) is 16.8. The van der Waals surface area contributed by atoms with E-state index in [0.29, 0.717) is 31.7 Å². The molecule has 1 saturated carbocycles. The van der Waals surface area contributed by atoms with Gasteiger partial charge in [-0.2, -0.15) is 0 Å². The Balaban J connectivity index is 1.79. The van der Waals surface area contributed by atoms with Crippen molar-refractivity contribution in [2.75, 3.05) is 37.6 Å². The Bertz CT molecular complexity index is 818. The number of amides is 1. The quantitative estimate of drug-likeness (QED) is 0.568. The van der Waals surface area contributed by atoms with Gasteiger partial charge in [0.25, 0.3) is 0 Å². The van der Waals surface area contributed by atoms with Crippen molar-refractivity contribution in [2.24, 2.45) is 5.92 Å². The van der Waals surface area contributed by atoms with Crippen LogP contribution in [0.1, 0.15) is 45.1 Å². The summed E-state index contributed by atoms with van der Waals surface area (Å²) >= 11 is 3.44. The minimum Gasteiger partial charge on any atom is -0.310 e. The molecule has 1 aliphatic heterocycles. The number of sulfonamides is 1. The lowest BCUT2D eigenvalue weighted by Crippen LogP contribution is -2.37. The van der Waals surface area contributed by atoms with Crippen LogP contribution in [-0.4, -0.2) is 51.9 Å². The van der Waals surface area contributed by atoms with Crippen molar-refractivity contribution in [1.29, 1.82) is 0 Å². The van der Waals surface area contributed by atoms with Gasteiger partial charge in [0, 0.05) is 30.0 Å². The van der Waals surface area contributed by atoms with Crippen molar-refractivity contribution in [3.05, 3.63) is 22.2 Å². The fourth-order valence-electron chi connectivity index (χ4n) is 3.83. The molecule has 0 bridgehead atoms. The van der Waals surface area contributed by atoms with Crippen LogP contribution in [0.15, 0.2) is 21.5 Å². The van der Waals surface area contributed by atoms with E-state index in [1.165, 1.54) is 0 Å². The van der Waals surface area contributed by atoms with Crippen molar-refractivity contribution in [2.45, 2.75) is 50.8 Å². The van der Waals surface area contributed by atoms with E-state index < -0.39 is 10.0 Å². The fourth-order valence-corrected chi connectivity index (χ4v) is 5.78. The normalized spacial score (nSPS) is 16.6. The summed E-state index contributed by atoms with van der Waals surface area (Å²) in [5, 5.41) is 0. The molecule has 1 fully saturated rings. The van der Waals surface area contributed by atoms with Gasteiger partial charge in [0.2, 0.25) is 15.9 Å². The molecule has 2 aliphatic rings. The van der Waals surface area contributed by atoms with E-state index in [-0.39, 0.29) is 16.7 Å². The van der Waals surface area contributed by atoms with Crippen molar-refractivity contribution in [3.63, 3.8) is 0 Å². The van der Waals surface area contributed by atoms with Gasteiger partial charge in [-0.1, -0.05) is 29.8 Å². The zero-order chi connectivity index (χ0) is 20.3. The number of nitrogens with one attached hydrogen (secondary N) is 1. The largest absolute Gasteiger partial charge is 0.310 e. The number of anilines is 1. The van der Waals surface area contributed by atoms with Crippen LogP contribution < -0.4 is 9.62 Å². The first-order valence-corrected chi connectivity index (χ1v) is 12.5. The molecule has 6 nitrogen and oxygen atoms in total. The predicted octanol–water partition coefficient (Wildman–Crippen LogP) is 3.15. The number of halogens is 1. The Hall–Kier alpha value is -0.960. The SMILES string of the molecule is CCCN(CCC)CCNS(=O)(=O)c1cc(Br)cc2c1N(C(=O)C1CC1)CC2. The number of rotatable bonds is 10. The molecule has 1 aliphatic carbocycles. The molecule has 1 heterocycles. The zero-order valence-corrected chi connectivity index (χ0v) is 19.1. The van der Waals surface area contributed by atoms with Crippen LogP contribution in [-0.2, 0) is 21.2 Å². The topological polar surface area (TPSA) is 69.7 Å². The summed E-state index contributed by atoms with van der Waals surface area (Å²) in [6.45, 7) is 7.79. The third-order valence-electron chi connectivity index (χ3n) is 5.28. The van der Waals surface area contributed by atoms with E-state index in [4.69, 9.17) is 0 Å². The maximum Gasteiger partial charge on any atom is 0.242 e. The first-order chi connectivity index (χ1) is 13.4. The number of benzene rings is 1. The van der Waals surface area contributed by atoms with E-state index >= 15 is 0 Å². The Morgan fingerprint density at radius 3 is 2.50 bits per heavy atom. The van der Waals surface area contributed by atoms with Crippen molar-refractivity contribution < 1.29 is 13.2 Å². The summed E-state index contributed by atoms with van der Waals surface area (Å²) in [5.74, 6) is 0.129. The van der Waals surface area contributed by atoms with Crippen molar-refractivity contribution in [3.8, 4) is 0 Å². The van der Waals surface area contributed by atoms with Crippen LogP contribution >= 0.6 is 15.9 Å². The van der Waals surface area contributed by atoms with Crippen molar-refractivity contribution in [1.82, 2.24) is 9.62 Å². The van der Waals surface area contributed by atoms with Crippen LogP contribution in [0, 0.1) is 5.92 Å². The summed E-state index contributed by atoms with van der Waals surface area (Å²) in [7, 11) is -3.71. The number of hydrogen-bond donors (Lipinski definition) is 1. The molecular weight excluding hydrogens is 442 g/mol. The van der Waals surface area contributed by atoms with Gasteiger partial charge < -0.3 is 9.80 Å². The Labute approximate surface area is 176 Å². The minimum atomic E-state index is -3.71. The maximum absolute atomic E-state index is 13.1.